The van der Waals surface area contributed by atoms with Crippen LogP contribution in [-0.4, -0.2) is 11.3 Å². The zero-order valence-electron chi connectivity index (χ0n) is 5.39. The zero-order valence-corrected chi connectivity index (χ0v) is 5.39. The van der Waals surface area contributed by atoms with Crippen molar-refractivity contribution in [3.8, 4) is 0 Å². The van der Waals surface area contributed by atoms with Crippen molar-refractivity contribution < 1.29 is 9.18 Å². The van der Waals surface area contributed by atoms with Gasteiger partial charge < -0.3 is 0 Å². The molecule has 0 fully saturated rings. The third-order valence-electron chi connectivity index (χ3n) is 1.19. The molecule has 0 aliphatic rings. The van der Waals surface area contributed by atoms with E-state index in [4.69, 9.17) is 0 Å². The standard InChI is InChI=1S/C7H5FNO/c1-5-6(4-10)7(8)2-3-9-5/h2-3H,1H3. The van der Waals surface area contributed by atoms with Gasteiger partial charge in [-0.05, 0) is 13.0 Å². The van der Waals surface area contributed by atoms with Crippen molar-refractivity contribution in [2.24, 2.45) is 0 Å². The summed E-state index contributed by atoms with van der Waals surface area (Å²) in [6.45, 7) is 1.56. The Morgan fingerprint density at radius 3 is 2.80 bits per heavy atom. The van der Waals surface area contributed by atoms with Gasteiger partial charge in [0.2, 0.25) is 6.29 Å². The highest BCUT2D eigenvalue weighted by Crippen LogP contribution is 2.05. The van der Waals surface area contributed by atoms with E-state index in [-0.39, 0.29) is 5.56 Å². The predicted octanol–water partition coefficient (Wildman–Crippen LogP) is 0.987. The third-order valence-corrected chi connectivity index (χ3v) is 1.19. The summed E-state index contributed by atoms with van der Waals surface area (Å²) in [5.74, 6) is -0.567. The number of aromatic nitrogens is 1. The lowest BCUT2D eigenvalue weighted by Gasteiger charge is -1.94. The molecule has 0 saturated carbocycles. The Morgan fingerprint density at radius 2 is 2.40 bits per heavy atom. The maximum atomic E-state index is 12.5. The van der Waals surface area contributed by atoms with Gasteiger partial charge in [-0.25, -0.2) is 4.39 Å². The van der Waals surface area contributed by atoms with Crippen molar-refractivity contribution >= 4 is 6.29 Å². The van der Waals surface area contributed by atoms with Crippen molar-refractivity contribution in [1.29, 1.82) is 0 Å². The molecule has 1 aromatic heterocycles. The van der Waals surface area contributed by atoms with E-state index < -0.39 is 5.82 Å². The number of carbonyl (C=O) groups excluding carboxylic acids is 1. The van der Waals surface area contributed by atoms with Gasteiger partial charge in [-0.3, -0.25) is 9.78 Å². The van der Waals surface area contributed by atoms with Crippen LogP contribution in [-0.2, 0) is 4.79 Å². The summed E-state index contributed by atoms with van der Waals surface area (Å²) in [4.78, 5) is 13.8. The lowest BCUT2D eigenvalue weighted by molar-refractivity contribution is 0.555. The first-order valence-corrected chi connectivity index (χ1v) is 2.75. The molecule has 0 atom stereocenters. The number of halogens is 1. The molecule has 51 valence electrons. The van der Waals surface area contributed by atoms with Crippen LogP contribution in [0.2, 0.25) is 0 Å². The molecule has 0 unspecified atom stereocenters. The molecule has 3 heteroatoms. The summed E-state index contributed by atoms with van der Waals surface area (Å²) in [5, 5.41) is 0. The smallest absolute Gasteiger partial charge is 0.238 e. The first kappa shape index (κ1) is 6.86. The summed E-state index contributed by atoms with van der Waals surface area (Å²) in [6, 6.07) is 1.13. The van der Waals surface area contributed by atoms with Gasteiger partial charge in [-0.15, -0.1) is 0 Å². The van der Waals surface area contributed by atoms with Crippen LogP contribution >= 0.6 is 0 Å². The minimum Gasteiger partial charge on any atom is -0.285 e. The van der Waals surface area contributed by atoms with Crippen LogP contribution in [0.5, 0.6) is 0 Å². The predicted molar refractivity (Wildman–Crippen MR) is 33.7 cm³/mol. The SMILES string of the molecule is Cc1nccc(F)c1[C]=O. The molecular weight excluding hydrogens is 133 g/mol. The topological polar surface area (TPSA) is 30.0 Å². The van der Waals surface area contributed by atoms with Gasteiger partial charge in [0.05, 0.1) is 11.3 Å². The lowest BCUT2D eigenvalue weighted by Crippen LogP contribution is -1.94. The minimum absolute atomic E-state index is 0.0810. The molecule has 0 aliphatic carbocycles. The van der Waals surface area contributed by atoms with Gasteiger partial charge >= 0.3 is 0 Å². The Balaban J connectivity index is 3.30. The molecule has 0 spiro atoms. The van der Waals surface area contributed by atoms with Crippen molar-refractivity contribution in [3.63, 3.8) is 0 Å². The molecule has 0 amide bonds. The van der Waals surface area contributed by atoms with Crippen LogP contribution in [0.4, 0.5) is 4.39 Å². The first-order valence-electron chi connectivity index (χ1n) is 2.75. The normalized spacial score (nSPS) is 9.40. The quantitative estimate of drug-likeness (QED) is 0.579. The maximum absolute atomic E-state index is 12.5. The molecule has 2 nitrogen and oxygen atoms in total. The number of hydrogen-bond donors (Lipinski definition) is 0. The highest BCUT2D eigenvalue weighted by atomic mass is 19.1. The Hall–Kier alpha value is -1.25. The second-order valence-corrected chi connectivity index (χ2v) is 1.86. The molecule has 1 radical (unpaired) electrons. The van der Waals surface area contributed by atoms with E-state index in [1.807, 2.05) is 0 Å². The van der Waals surface area contributed by atoms with E-state index in [0.717, 1.165) is 6.07 Å². The Kier molecular flexibility index (Phi) is 1.76. The van der Waals surface area contributed by atoms with E-state index in [1.54, 1.807) is 6.92 Å². The van der Waals surface area contributed by atoms with Crippen LogP contribution in [0.15, 0.2) is 12.3 Å². The van der Waals surface area contributed by atoms with E-state index in [1.165, 1.54) is 12.5 Å². The monoisotopic (exact) mass is 138 g/mol. The van der Waals surface area contributed by atoms with Gasteiger partial charge in [-0.1, -0.05) is 0 Å². The molecule has 0 bridgehead atoms. The second-order valence-electron chi connectivity index (χ2n) is 1.86. The van der Waals surface area contributed by atoms with Gasteiger partial charge in [0.1, 0.15) is 5.82 Å². The molecule has 1 heterocycles. The largest absolute Gasteiger partial charge is 0.285 e. The van der Waals surface area contributed by atoms with Crippen molar-refractivity contribution in [1.82, 2.24) is 4.98 Å². The molecule has 0 saturated heterocycles. The molecule has 0 aromatic carbocycles. The summed E-state index contributed by atoms with van der Waals surface area (Å²) < 4.78 is 12.5. The Morgan fingerprint density at radius 1 is 1.70 bits per heavy atom. The molecule has 1 rings (SSSR count). The average molecular weight is 138 g/mol. The van der Waals surface area contributed by atoms with Crippen LogP contribution in [0.1, 0.15) is 11.3 Å². The van der Waals surface area contributed by atoms with Crippen molar-refractivity contribution in [3.05, 3.63) is 29.3 Å². The van der Waals surface area contributed by atoms with Crippen LogP contribution < -0.4 is 0 Å². The number of aryl methyl sites for hydroxylation is 1. The molecule has 0 N–H and O–H groups in total. The van der Waals surface area contributed by atoms with Gasteiger partial charge in [-0.2, -0.15) is 0 Å². The highest BCUT2D eigenvalue weighted by molar-refractivity contribution is 5.76. The number of rotatable bonds is 1. The first-order chi connectivity index (χ1) is 4.75. The molecular formula is C7H5FNO. The van der Waals surface area contributed by atoms with Gasteiger partial charge in [0, 0.05) is 6.20 Å². The van der Waals surface area contributed by atoms with E-state index >= 15 is 0 Å². The molecule has 10 heavy (non-hydrogen) atoms. The fraction of sp³-hybridized carbons (Fsp3) is 0.143. The summed E-state index contributed by atoms with van der Waals surface area (Å²) in [6.07, 6.45) is 2.79. The minimum atomic E-state index is -0.567. The highest BCUT2D eigenvalue weighted by Gasteiger charge is 2.03. The summed E-state index contributed by atoms with van der Waals surface area (Å²) in [7, 11) is 0. The van der Waals surface area contributed by atoms with E-state index in [2.05, 4.69) is 4.98 Å². The number of pyridine rings is 1. The summed E-state index contributed by atoms with van der Waals surface area (Å²) in [5.41, 5.74) is 0.289. The lowest BCUT2D eigenvalue weighted by atomic mass is 10.2. The molecule has 0 aliphatic heterocycles. The van der Waals surface area contributed by atoms with E-state index in [9.17, 15) is 9.18 Å². The van der Waals surface area contributed by atoms with Gasteiger partial charge in [0.25, 0.3) is 0 Å². The zero-order chi connectivity index (χ0) is 7.56. The van der Waals surface area contributed by atoms with Crippen LogP contribution in [0.3, 0.4) is 0 Å². The Labute approximate surface area is 57.7 Å². The van der Waals surface area contributed by atoms with E-state index in [0.29, 0.717) is 5.69 Å². The molecule has 1 aromatic rings. The van der Waals surface area contributed by atoms with Crippen molar-refractivity contribution in [2.75, 3.05) is 0 Å². The maximum Gasteiger partial charge on any atom is 0.238 e. The van der Waals surface area contributed by atoms with Crippen molar-refractivity contribution in [2.45, 2.75) is 6.92 Å². The summed E-state index contributed by atoms with van der Waals surface area (Å²) >= 11 is 0. The fourth-order valence-electron chi connectivity index (χ4n) is 0.658. The fourth-order valence-corrected chi connectivity index (χ4v) is 0.658. The van der Waals surface area contributed by atoms with Gasteiger partial charge in [0.15, 0.2) is 0 Å². The Bertz CT molecular complexity index is 240. The second kappa shape index (κ2) is 2.56. The number of hydrogen-bond acceptors (Lipinski definition) is 2. The number of nitrogens with zero attached hydrogens (tertiary/aromatic N) is 1. The third kappa shape index (κ3) is 1.03. The average Bonchev–Trinajstić information content (AvgIpc) is 1.88. The van der Waals surface area contributed by atoms with Crippen LogP contribution in [0, 0.1) is 12.7 Å². The van der Waals surface area contributed by atoms with Crippen LogP contribution in [0.25, 0.3) is 0 Å².